The lowest BCUT2D eigenvalue weighted by Gasteiger charge is -2.27. The molecule has 28 heavy (non-hydrogen) atoms. The van der Waals surface area contributed by atoms with Crippen molar-refractivity contribution in [3.05, 3.63) is 35.9 Å². The summed E-state index contributed by atoms with van der Waals surface area (Å²) in [6.45, 7) is 9.56. The first-order valence-electron chi connectivity index (χ1n) is 9.31. The molecule has 0 N–H and O–H groups in total. The lowest BCUT2D eigenvalue weighted by atomic mass is 10.2. The molecule has 0 aliphatic carbocycles. The fourth-order valence-electron chi connectivity index (χ4n) is 2.77. The number of amides is 1. The van der Waals surface area contributed by atoms with Crippen LogP contribution in [0.2, 0.25) is 5.02 Å². The zero-order valence-corrected chi connectivity index (χ0v) is 18.2. The van der Waals surface area contributed by atoms with Gasteiger partial charge in [0.2, 0.25) is 0 Å². The molecule has 0 bridgehead atoms. The summed E-state index contributed by atoms with van der Waals surface area (Å²) in [5.74, 6) is 0. The maximum absolute atomic E-state index is 12.4. The standard InChI is InChI=1S/C20H25ClN4O2S/c1-5-8-25(19(26)27-20(2,3)4)10-9-24-12-16(23-13-24)17-11-15-18(28-17)14(21)6-7-22-15/h6-7,11-13H,5,8-10H2,1-4H3. The van der Waals surface area contributed by atoms with E-state index in [0.717, 1.165) is 27.2 Å². The van der Waals surface area contributed by atoms with E-state index in [9.17, 15) is 4.79 Å². The highest BCUT2D eigenvalue weighted by Gasteiger charge is 2.21. The topological polar surface area (TPSA) is 60.2 Å². The van der Waals surface area contributed by atoms with Gasteiger partial charge in [0.1, 0.15) is 5.60 Å². The van der Waals surface area contributed by atoms with E-state index in [4.69, 9.17) is 16.3 Å². The summed E-state index contributed by atoms with van der Waals surface area (Å²) in [7, 11) is 0. The van der Waals surface area contributed by atoms with Gasteiger partial charge in [0.05, 0.1) is 32.1 Å². The molecule has 0 radical (unpaired) electrons. The number of fused-ring (bicyclic) bond motifs is 1. The molecule has 0 atom stereocenters. The third-order valence-electron chi connectivity index (χ3n) is 4.02. The number of hydrogen-bond acceptors (Lipinski definition) is 5. The van der Waals surface area contributed by atoms with Crippen LogP contribution in [0.25, 0.3) is 20.8 Å². The number of aromatic nitrogens is 3. The van der Waals surface area contributed by atoms with Gasteiger partial charge in [0.25, 0.3) is 0 Å². The Morgan fingerprint density at radius 1 is 1.32 bits per heavy atom. The van der Waals surface area contributed by atoms with E-state index in [1.807, 2.05) is 44.5 Å². The summed E-state index contributed by atoms with van der Waals surface area (Å²) in [6.07, 6.45) is 6.08. The zero-order chi connectivity index (χ0) is 20.3. The van der Waals surface area contributed by atoms with Crippen molar-refractivity contribution in [1.82, 2.24) is 19.4 Å². The molecular weight excluding hydrogens is 396 g/mol. The van der Waals surface area contributed by atoms with Gasteiger partial charge < -0.3 is 14.2 Å². The molecule has 3 heterocycles. The number of pyridine rings is 1. The van der Waals surface area contributed by atoms with Crippen LogP contribution < -0.4 is 0 Å². The summed E-state index contributed by atoms with van der Waals surface area (Å²) >= 11 is 7.83. The first-order valence-corrected chi connectivity index (χ1v) is 10.5. The Kier molecular flexibility index (Phi) is 6.25. The van der Waals surface area contributed by atoms with Crippen molar-refractivity contribution in [2.75, 3.05) is 13.1 Å². The number of carbonyl (C=O) groups is 1. The summed E-state index contributed by atoms with van der Waals surface area (Å²) in [5.41, 5.74) is 1.25. The van der Waals surface area contributed by atoms with Crippen molar-refractivity contribution in [2.24, 2.45) is 0 Å². The number of ether oxygens (including phenoxy) is 1. The van der Waals surface area contributed by atoms with Crippen molar-refractivity contribution >= 4 is 39.2 Å². The number of carbonyl (C=O) groups excluding carboxylic acids is 1. The fraction of sp³-hybridized carbons (Fsp3) is 0.450. The molecule has 0 aromatic carbocycles. The van der Waals surface area contributed by atoms with Gasteiger partial charge in [0.15, 0.2) is 0 Å². The van der Waals surface area contributed by atoms with Crippen molar-refractivity contribution < 1.29 is 9.53 Å². The van der Waals surface area contributed by atoms with Crippen LogP contribution in [-0.4, -0.2) is 44.2 Å². The largest absolute Gasteiger partial charge is 0.444 e. The third-order valence-corrected chi connectivity index (χ3v) is 5.63. The third kappa shape index (κ3) is 5.02. The molecule has 8 heteroatoms. The van der Waals surface area contributed by atoms with Crippen molar-refractivity contribution in [3.8, 4) is 10.6 Å². The molecule has 0 aliphatic rings. The summed E-state index contributed by atoms with van der Waals surface area (Å²) in [4.78, 5) is 24.0. The van der Waals surface area contributed by atoms with E-state index >= 15 is 0 Å². The highest BCUT2D eigenvalue weighted by molar-refractivity contribution is 7.22. The van der Waals surface area contributed by atoms with Gasteiger partial charge in [-0.3, -0.25) is 4.98 Å². The van der Waals surface area contributed by atoms with Gasteiger partial charge in [-0.25, -0.2) is 9.78 Å². The summed E-state index contributed by atoms with van der Waals surface area (Å²) in [6, 6.07) is 3.80. The van der Waals surface area contributed by atoms with E-state index in [-0.39, 0.29) is 6.09 Å². The molecule has 150 valence electrons. The van der Waals surface area contributed by atoms with E-state index in [1.165, 1.54) is 0 Å². The Bertz CT molecular complexity index is 961. The highest BCUT2D eigenvalue weighted by Crippen LogP contribution is 2.35. The molecule has 0 saturated carbocycles. The summed E-state index contributed by atoms with van der Waals surface area (Å²) in [5, 5.41) is 0.702. The fourth-order valence-corrected chi connectivity index (χ4v) is 4.02. The van der Waals surface area contributed by atoms with Crippen molar-refractivity contribution in [1.29, 1.82) is 0 Å². The zero-order valence-electron chi connectivity index (χ0n) is 16.6. The molecule has 3 rings (SSSR count). The van der Waals surface area contributed by atoms with Crippen LogP contribution in [0.1, 0.15) is 34.1 Å². The van der Waals surface area contributed by atoms with Crippen LogP contribution in [0, 0.1) is 0 Å². The lowest BCUT2D eigenvalue weighted by molar-refractivity contribution is 0.0244. The van der Waals surface area contributed by atoms with Crippen LogP contribution in [0.4, 0.5) is 4.79 Å². The Labute approximate surface area is 174 Å². The Hall–Kier alpha value is -2.12. The van der Waals surface area contributed by atoms with Gasteiger partial charge in [-0.05, 0) is 39.3 Å². The number of halogens is 1. The van der Waals surface area contributed by atoms with Crippen LogP contribution in [-0.2, 0) is 11.3 Å². The van der Waals surface area contributed by atoms with Gasteiger partial charge in [-0.1, -0.05) is 18.5 Å². The van der Waals surface area contributed by atoms with E-state index in [2.05, 4.69) is 9.97 Å². The molecule has 0 fully saturated rings. The van der Waals surface area contributed by atoms with Crippen LogP contribution in [0.15, 0.2) is 30.9 Å². The molecule has 6 nitrogen and oxygen atoms in total. The molecule has 0 unspecified atom stereocenters. The van der Waals surface area contributed by atoms with Gasteiger partial charge >= 0.3 is 6.09 Å². The number of rotatable bonds is 6. The quantitative estimate of drug-likeness (QED) is 0.531. The highest BCUT2D eigenvalue weighted by atomic mass is 35.5. The lowest BCUT2D eigenvalue weighted by Crippen LogP contribution is -2.39. The Morgan fingerprint density at radius 2 is 2.11 bits per heavy atom. The minimum absolute atomic E-state index is 0.278. The second-order valence-corrected chi connectivity index (χ2v) is 9.04. The molecule has 0 aliphatic heterocycles. The first-order chi connectivity index (χ1) is 13.3. The number of imidazole rings is 1. The first kappa shape index (κ1) is 20.6. The smallest absolute Gasteiger partial charge is 0.410 e. The molecule has 0 saturated heterocycles. The number of hydrogen-bond donors (Lipinski definition) is 0. The molecule has 1 amide bonds. The average Bonchev–Trinajstić information content (AvgIpc) is 3.24. The van der Waals surface area contributed by atoms with Gasteiger partial charge in [-0.15, -0.1) is 11.3 Å². The predicted molar refractivity (Wildman–Crippen MR) is 114 cm³/mol. The molecule has 0 spiro atoms. The summed E-state index contributed by atoms with van der Waals surface area (Å²) < 4.78 is 8.46. The maximum Gasteiger partial charge on any atom is 0.410 e. The minimum atomic E-state index is -0.498. The number of nitrogens with zero attached hydrogens (tertiary/aromatic N) is 4. The normalized spacial score (nSPS) is 11.8. The second kappa shape index (κ2) is 8.49. The number of thiophene rings is 1. The maximum atomic E-state index is 12.4. The Morgan fingerprint density at radius 3 is 2.79 bits per heavy atom. The van der Waals surface area contributed by atoms with Crippen LogP contribution in [0.5, 0.6) is 0 Å². The average molecular weight is 421 g/mol. The van der Waals surface area contributed by atoms with E-state index < -0.39 is 5.60 Å². The van der Waals surface area contributed by atoms with Crippen molar-refractivity contribution in [3.63, 3.8) is 0 Å². The minimum Gasteiger partial charge on any atom is -0.444 e. The molecular formula is C20H25ClN4O2S. The molecule has 3 aromatic heterocycles. The SMILES string of the molecule is CCCN(CCn1cnc(-c2cc3nccc(Cl)c3s2)c1)C(=O)OC(C)(C)C. The van der Waals surface area contributed by atoms with E-state index in [1.54, 1.807) is 34.8 Å². The van der Waals surface area contributed by atoms with Gasteiger partial charge in [-0.2, -0.15) is 0 Å². The predicted octanol–water partition coefficient (Wildman–Crippen LogP) is 5.46. The van der Waals surface area contributed by atoms with Crippen molar-refractivity contribution in [2.45, 2.75) is 46.3 Å². The Balaban J connectivity index is 1.69. The van der Waals surface area contributed by atoms with Crippen LogP contribution in [0.3, 0.4) is 0 Å². The van der Waals surface area contributed by atoms with Gasteiger partial charge in [0, 0.05) is 32.0 Å². The molecule has 3 aromatic rings. The monoisotopic (exact) mass is 420 g/mol. The van der Waals surface area contributed by atoms with Crippen LogP contribution >= 0.6 is 22.9 Å². The van der Waals surface area contributed by atoms with E-state index in [0.29, 0.717) is 24.7 Å². The second-order valence-electron chi connectivity index (χ2n) is 7.58.